The first-order chi connectivity index (χ1) is 11.5. The number of aryl methyl sites for hydroxylation is 3. The van der Waals surface area contributed by atoms with Crippen molar-refractivity contribution in [1.29, 1.82) is 0 Å². The summed E-state index contributed by atoms with van der Waals surface area (Å²) in [6, 6.07) is 4.76. The van der Waals surface area contributed by atoms with Gasteiger partial charge in [-0.25, -0.2) is 0 Å². The van der Waals surface area contributed by atoms with Crippen molar-refractivity contribution < 1.29 is 0 Å². The van der Waals surface area contributed by atoms with Crippen LogP contribution in [0.3, 0.4) is 0 Å². The second kappa shape index (κ2) is 8.85. The second-order valence-electron chi connectivity index (χ2n) is 7.86. The molecule has 0 amide bonds. The summed E-state index contributed by atoms with van der Waals surface area (Å²) in [5.41, 5.74) is 7.87. The molecule has 0 aromatic heterocycles. The molecule has 0 saturated carbocycles. The molecule has 0 N–H and O–H groups in total. The molecule has 0 fully saturated rings. The third-order valence-electron chi connectivity index (χ3n) is 5.68. The fraction of sp³-hybridized carbons (Fsp3) is 0.565. The molecule has 24 heavy (non-hydrogen) atoms. The fourth-order valence-corrected chi connectivity index (χ4v) is 6.38. The average molecular weight is 341 g/mol. The first-order valence-electron chi connectivity index (χ1n) is 9.94. The van der Waals surface area contributed by atoms with Crippen molar-refractivity contribution in [1.82, 2.24) is 0 Å². The number of allylic oxidation sites excluding steroid dienone is 4. The van der Waals surface area contributed by atoms with E-state index in [9.17, 15) is 0 Å². The fourth-order valence-electron chi connectivity index (χ4n) is 4.09. The van der Waals surface area contributed by atoms with Gasteiger partial charge in [-0.15, -0.1) is 0 Å². The van der Waals surface area contributed by atoms with E-state index in [-0.39, 0.29) is 9.52 Å². The van der Waals surface area contributed by atoms with E-state index in [1.165, 1.54) is 55.2 Å². The normalized spacial score (nSPS) is 16.3. The second-order valence-corrected chi connectivity index (χ2v) is 9.77. The largest absolute Gasteiger partial charge is 0.0839 e. The summed E-state index contributed by atoms with van der Waals surface area (Å²) >= 11 is 0. The van der Waals surface area contributed by atoms with Crippen LogP contribution in [0.25, 0.3) is 0 Å². The molecule has 0 nitrogen and oxygen atoms in total. The maximum absolute atomic E-state index is 2.59. The topological polar surface area (TPSA) is 0 Å². The molecule has 0 saturated heterocycles. The van der Waals surface area contributed by atoms with Gasteiger partial charge in [0.2, 0.25) is 0 Å². The van der Waals surface area contributed by atoms with E-state index in [2.05, 4.69) is 59.8 Å². The zero-order chi connectivity index (χ0) is 17.7. The SMILES string of the molecule is CCCCCC1=CC(C(C)CC)=C([SiH2]c2c(C)cc(C)cc2C)C1. The van der Waals surface area contributed by atoms with E-state index in [4.69, 9.17) is 0 Å². The number of hydrogen-bond acceptors (Lipinski definition) is 0. The average Bonchev–Trinajstić information content (AvgIpc) is 2.93. The lowest BCUT2D eigenvalue weighted by atomic mass is 9.99. The van der Waals surface area contributed by atoms with Crippen LogP contribution < -0.4 is 5.19 Å². The van der Waals surface area contributed by atoms with Gasteiger partial charge in [-0.1, -0.05) is 84.5 Å². The highest BCUT2D eigenvalue weighted by atomic mass is 28.2. The molecule has 0 bridgehead atoms. The first kappa shape index (κ1) is 19.2. The summed E-state index contributed by atoms with van der Waals surface area (Å²) < 4.78 is 0. The van der Waals surface area contributed by atoms with Gasteiger partial charge in [-0.2, -0.15) is 0 Å². The highest BCUT2D eigenvalue weighted by molar-refractivity contribution is 6.62. The molecule has 2 rings (SSSR count). The monoisotopic (exact) mass is 340 g/mol. The van der Waals surface area contributed by atoms with Gasteiger partial charge >= 0.3 is 0 Å². The quantitative estimate of drug-likeness (QED) is 0.426. The van der Waals surface area contributed by atoms with E-state index in [1.54, 1.807) is 16.3 Å². The van der Waals surface area contributed by atoms with Crippen LogP contribution in [0, 0.1) is 26.7 Å². The Labute approximate surface area is 152 Å². The van der Waals surface area contributed by atoms with Gasteiger partial charge in [0.05, 0.1) is 9.52 Å². The van der Waals surface area contributed by atoms with Gasteiger partial charge in [0, 0.05) is 0 Å². The van der Waals surface area contributed by atoms with Crippen LogP contribution in [0.4, 0.5) is 0 Å². The Kier molecular flexibility index (Phi) is 7.10. The zero-order valence-corrected chi connectivity index (χ0v) is 18.2. The number of rotatable bonds is 8. The standard InChI is InChI=1S/C23H36Si/c1-7-9-10-11-20-14-21(17(4)8-2)22(15-20)24-23-18(5)12-16(3)13-19(23)6/h12-14,17H,7-11,15,24H2,1-6H3. The third kappa shape index (κ3) is 4.72. The van der Waals surface area contributed by atoms with E-state index in [0.717, 1.165) is 5.92 Å². The molecular formula is C23H36Si. The molecular weight excluding hydrogens is 304 g/mol. The van der Waals surface area contributed by atoms with Gasteiger partial charge < -0.3 is 0 Å². The lowest BCUT2D eigenvalue weighted by molar-refractivity contribution is 0.669. The predicted octanol–water partition coefficient (Wildman–Crippen LogP) is 5.62. The molecule has 1 unspecified atom stereocenters. The van der Waals surface area contributed by atoms with Crippen LogP contribution in [-0.4, -0.2) is 9.52 Å². The van der Waals surface area contributed by atoms with Crippen molar-refractivity contribution >= 4 is 14.7 Å². The molecule has 1 heteroatoms. The molecule has 132 valence electrons. The summed E-state index contributed by atoms with van der Waals surface area (Å²) in [6.07, 6.45) is 10.5. The Morgan fingerprint density at radius 2 is 1.71 bits per heavy atom. The van der Waals surface area contributed by atoms with Crippen LogP contribution >= 0.6 is 0 Å². The molecule has 1 aromatic rings. The molecule has 0 spiro atoms. The molecule has 0 radical (unpaired) electrons. The highest BCUT2D eigenvalue weighted by Gasteiger charge is 2.20. The Balaban J connectivity index is 2.21. The minimum absolute atomic E-state index is 0.341. The molecule has 1 aliphatic rings. The molecule has 0 heterocycles. The third-order valence-corrected chi connectivity index (χ3v) is 8.24. The zero-order valence-electron chi connectivity index (χ0n) is 16.8. The van der Waals surface area contributed by atoms with Crippen LogP contribution in [0.1, 0.15) is 76.0 Å². The minimum Gasteiger partial charge on any atom is -0.0752 e. The van der Waals surface area contributed by atoms with Crippen LogP contribution in [0.2, 0.25) is 0 Å². The predicted molar refractivity (Wildman–Crippen MR) is 112 cm³/mol. The number of benzene rings is 1. The Bertz CT molecular complexity index is 610. The Morgan fingerprint density at radius 3 is 2.29 bits per heavy atom. The Hall–Kier alpha value is -1.08. The first-order valence-corrected chi connectivity index (χ1v) is 11.4. The van der Waals surface area contributed by atoms with Crippen LogP contribution in [0.15, 0.2) is 34.6 Å². The van der Waals surface area contributed by atoms with Crippen LogP contribution in [-0.2, 0) is 0 Å². The molecule has 1 aliphatic carbocycles. The number of unbranched alkanes of at least 4 members (excludes halogenated alkanes) is 2. The molecule has 1 atom stereocenters. The minimum atomic E-state index is -0.341. The van der Waals surface area contributed by atoms with Gasteiger partial charge in [-0.3, -0.25) is 0 Å². The molecule has 1 aromatic carbocycles. The lowest BCUT2D eigenvalue weighted by Gasteiger charge is -2.16. The van der Waals surface area contributed by atoms with Gasteiger partial charge in [0.1, 0.15) is 0 Å². The van der Waals surface area contributed by atoms with Gasteiger partial charge in [-0.05, 0) is 57.9 Å². The maximum Gasteiger partial charge on any atom is 0.0839 e. The summed E-state index contributed by atoms with van der Waals surface area (Å²) in [7, 11) is -0.341. The lowest BCUT2D eigenvalue weighted by Crippen LogP contribution is -2.24. The summed E-state index contributed by atoms with van der Waals surface area (Å²) in [4.78, 5) is 0. The van der Waals surface area contributed by atoms with E-state index in [1.807, 2.05) is 5.20 Å². The van der Waals surface area contributed by atoms with Crippen molar-refractivity contribution in [2.75, 3.05) is 0 Å². The summed E-state index contributed by atoms with van der Waals surface area (Å²) in [5.74, 6) is 0.724. The van der Waals surface area contributed by atoms with Crippen molar-refractivity contribution in [3.63, 3.8) is 0 Å². The van der Waals surface area contributed by atoms with Gasteiger partial charge in [0.15, 0.2) is 0 Å². The van der Waals surface area contributed by atoms with E-state index >= 15 is 0 Å². The smallest absolute Gasteiger partial charge is 0.0752 e. The number of hydrogen-bond donors (Lipinski definition) is 0. The Morgan fingerprint density at radius 1 is 1.04 bits per heavy atom. The highest BCUT2D eigenvalue weighted by Crippen LogP contribution is 2.33. The van der Waals surface area contributed by atoms with Crippen molar-refractivity contribution in [2.24, 2.45) is 5.92 Å². The van der Waals surface area contributed by atoms with Crippen molar-refractivity contribution in [3.05, 3.63) is 51.2 Å². The molecule has 0 aliphatic heterocycles. The van der Waals surface area contributed by atoms with Crippen molar-refractivity contribution in [2.45, 2.75) is 80.1 Å². The van der Waals surface area contributed by atoms with E-state index < -0.39 is 0 Å². The summed E-state index contributed by atoms with van der Waals surface area (Å²) in [6.45, 7) is 13.9. The summed E-state index contributed by atoms with van der Waals surface area (Å²) in [5, 5.41) is 3.52. The maximum atomic E-state index is 2.59. The van der Waals surface area contributed by atoms with E-state index in [0.29, 0.717) is 0 Å². The van der Waals surface area contributed by atoms with Gasteiger partial charge in [0.25, 0.3) is 0 Å². The van der Waals surface area contributed by atoms with Crippen LogP contribution in [0.5, 0.6) is 0 Å². The van der Waals surface area contributed by atoms with Crippen molar-refractivity contribution in [3.8, 4) is 0 Å².